The molecule has 0 aromatic heterocycles. The van der Waals surface area contributed by atoms with E-state index >= 15 is 0 Å². The van der Waals surface area contributed by atoms with Crippen LogP contribution >= 0.6 is 11.6 Å². The summed E-state index contributed by atoms with van der Waals surface area (Å²) < 4.78 is 25.7. The van der Waals surface area contributed by atoms with Gasteiger partial charge in [0, 0.05) is 41.3 Å². The minimum absolute atomic E-state index is 0.00200. The van der Waals surface area contributed by atoms with Crippen LogP contribution < -0.4 is 20.1 Å². The van der Waals surface area contributed by atoms with Crippen LogP contribution in [0, 0.1) is 16.6 Å². The van der Waals surface area contributed by atoms with Crippen LogP contribution in [0.25, 0.3) is 0 Å². The van der Waals surface area contributed by atoms with Crippen LogP contribution in [0.4, 0.5) is 10.1 Å². The van der Waals surface area contributed by atoms with Gasteiger partial charge >= 0.3 is 0 Å². The third kappa shape index (κ3) is 5.95. The fourth-order valence-electron chi connectivity index (χ4n) is 6.27. The van der Waals surface area contributed by atoms with Crippen LogP contribution in [-0.2, 0) is 14.4 Å². The summed E-state index contributed by atoms with van der Waals surface area (Å²) in [5, 5.41) is 6.16. The molecule has 2 aromatic carbocycles. The van der Waals surface area contributed by atoms with Gasteiger partial charge in [0.25, 0.3) is 5.91 Å². The van der Waals surface area contributed by atoms with Crippen molar-refractivity contribution in [3.63, 3.8) is 0 Å². The van der Waals surface area contributed by atoms with Crippen LogP contribution in [0.2, 0.25) is 5.02 Å². The molecule has 42 heavy (non-hydrogen) atoms. The van der Waals surface area contributed by atoms with Crippen molar-refractivity contribution in [2.24, 2.45) is 10.8 Å². The van der Waals surface area contributed by atoms with E-state index in [-0.39, 0.29) is 51.2 Å². The molecule has 1 amide bonds. The Labute approximate surface area is 250 Å². The standard InChI is InChI=1S/C33H36ClFN2O5/c1-6-41-26-12-18(11-19(34)31(26)42-17-27(40)37-21-10-8-7-9-20(21)35)28-29-22(13-32(2,3)15-24(29)38)36-23-14-33(4,5)16-25(39)30(23)28/h7-12,28,36H,6,13-17H2,1-5H3,(H,37,40). The van der Waals surface area contributed by atoms with Gasteiger partial charge in [-0.25, -0.2) is 4.39 Å². The highest BCUT2D eigenvalue weighted by Crippen LogP contribution is 2.52. The van der Waals surface area contributed by atoms with Gasteiger partial charge in [-0.2, -0.15) is 0 Å². The number of hydrogen-bond donors (Lipinski definition) is 2. The summed E-state index contributed by atoms with van der Waals surface area (Å²) in [6, 6.07) is 9.26. The molecule has 2 aromatic rings. The summed E-state index contributed by atoms with van der Waals surface area (Å²) in [7, 11) is 0. The first-order chi connectivity index (χ1) is 19.8. The van der Waals surface area contributed by atoms with Crippen molar-refractivity contribution in [3.05, 3.63) is 75.3 Å². The molecule has 0 spiro atoms. The molecule has 0 atom stereocenters. The third-order valence-corrected chi connectivity index (χ3v) is 8.16. The number of rotatable bonds is 7. The van der Waals surface area contributed by atoms with E-state index in [9.17, 15) is 18.8 Å². The SMILES string of the molecule is CCOc1cc(C2C3=C(CC(C)(C)CC3=O)NC3=C2C(=O)CC(C)(C)C3)cc(Cl)c1OCC(=O)Nc1ccccc1F. The summed E-state index contributed by atoms with van der Waals surface area (Å²) in [4.78, 5) is 39.9. The summed E-state index contributed by atoms with van der Waals surface area (Å²) in [6.45, 7) is 9.94. The van der Waals surface area contributed by atoms with Crippen molar-refractivity contribution in [2.75, 3.05) is 18.5 Å². The number of nitrogens with one attached hydrogen (secondary N) is 2. The number of para-hydroxylation sites is 1. The molecule has 0 bridgehead atoms. The van der Waals surface area contributed by atoms with Gasteiger partial charge in [-0.05, 0) is 60.4 Å². The zero-order valence-electron chi connectivity index (χ0n) is 24.6. The van der Waals surface area contributed by atoms with Gasteiger partial charge in [0.05, 0.1) is 17.3 Å². The number of amides is 1. The molecule has 7 nitrogen and oxygen atoms in total. The van der Waals surface area contributed by atoms with Gasteiger partial charge in [-0.3, -0.25) is 14.4 Å². The smallest absolute Gasteiger partial charge is 0.262 e. The van der Waals surface area contributed by atoms with Crippen molar-refractivity contribution < 1.29 is 28.2 Å². The van der Waals surface area contributed by atoms with Gasteiger partial charge < -0.3 is 20.1 Å². The second kappa shape index (κ2) is 11.2. The monoisotopic (exact) mass is 594 g/mol. The van der Waals surface area contributed by atoms with Crippen LogP contribution in [0.5, 0.6) is 11.5 Å². The molecule has 1 aliphatic heterocycles. The topological polar surface area (TPSA) is 93.7 Å². The molecule has 3 aliphatic rings. The van der Waals surface area contributed by atoms with E-state index in [0.29, 0.717) is 42.4 Å². The van der Waals surface area contributed by atoms with Crippen LogP contribution in [0.3, 0.4) is 0 Å². The van der Waals surface area contributed by atoms with E-state index in [0.717, 1.165) is 11.4 Å². The molecular weight excluding hydrogens is 559 g/mol. The number of hydrogen-bond acceptors (Lipinski definition) is 6. The van der Waals surface area contributed by atoms with Crippen LogP contribution in [-0.4, -0.2) is 30.7 Å². The van der Waals surface area contributed by atoms with Gasteiger partial charge in [-0.1, -0.05) is 51.4 Å². The second-order valence-electron chi connectivity index (χ2n) is 12.8. The van der Waals surface area contributed by atoms with Gasteiger partial charge in [-0.15, -0.1) is 0 Å². The lowest BCUT2D eigenvalue weighted by Gasteiger charge is -2.44. The largest absolute Gasteiger partial charge is 0.490 e. The lowest BCUT2D eigenvalue weighted by molar-refractivity contribution is -0.119. The normalized spacial score (nSPS) is 19.6. The van der Waals surface area contributed by atoms with Gasteiger partial charge in [0.1, 0.15) is 5.82 Å². The fourth-order valence-corrected chi connectivity index (χ4v) is 6.54. The molecule has 9 heteroatoms. The number of carbonyl (C=O) groups is 3. The van der Waals surface area contributed by atoms with E-state index in [1.54, 1.807) is 25.1 Å². The van der Waals surface area contributed by atoms with E-state index < -0.39 is 24.2 Å². The summed E-state index contributed by atoms with van der Waals surface area (Å²) in [5.74, 6) is -1.29. The Morgan fingerprint density at radius 1 is 0.976 bits per heavy atom. The van der Waals surface area contributed by atoms with Crippen molar-refractivity contribution in [3.8, 4) is 11.5 Å². The van der Waals surface area contributed by atoms with E-state index in [1.165, 1.54) is 18.2 Å². The molecule has 2 aliphatic carbocycles. The van der Waals surface area contributed by atoms with Crippen molar-refractivity contribution in [1.82, 2.24) is 5.32 Å². The molecule has 0 fully saturated rings. The first kappa shape index (κ1) is 29.8. The average molecular weight is 595 g/mol. The highest BCUT2D eigenvalue weighted by molar-refractivity contribution is 6.32. The van der Waals surface area contributed by atoms with E-state index in [1.807, 2.05) is 0 Å². The number of dihydropyridines is 1. The molecule has 1 heterocycles. The number of halogens is 2. The quantitative estimate of drug-likeness (QED) is 0.363. The zero-order valence-corrected chi connectivity index (χ0v) is 25.3. The Balaban J connectivity index is 1.53. The molecule has 0 radical (unpaired) electrons. The molecule has 0 saturated carbocycles. The number of anilines is 1. The number of allylic oxidation sites excluding steroid dienone is 4. The Bertz CT molecular complexity index is 1490. The number of ether oxygens (including phenoxy) is 2. The Morgan fingerprint density at radius 2 is 1.57 bits per heavy atom. The Hall–Kier alpha value is -3.65. The first-order valence-corrected chi connectivity index (χ1v) is 14.6. The maximum Gasteiger partial charge on any atom is 0.262 e. The summed E-state index contributed by atoms with van der Waals surface area (Å²) >= 11 is 6.76. The predicted molar refractivity (Wildman–Crippen MR) is 159 cm³/mol. The number of ketones is 2. The van der Waals surface area contributed by atoms with E-state index in [4.69, 9.17) is 21.1 Å². The van der Waals surface area contributed by atoms with Gasteiger partial charge in [0.2, 0.25) is 0 Å². The minimum atomic E-state index is -0.599. The highest BCUT2D eigenvalue weighted by Gasteiger charge is 2.46. The Kier molecular flexibility index (Phi) is 7.96. The molecule has 5 rings (SSSR count). The van der Waals surface area contributed by atoms with Crippen molar-refractivity contribution in [1.29, 1.82) is 0 Å². The third-order valence-electron chi connectivity index (χ3n) is 7.88. The maximum atomic E-state index is 14.0. The van der Waals surface area contributed by atoms with Crippen molar-refractivity contribution >= 4 is 34.8 Å². The number of Topliss-reactive ketones (excluding diaryl/α,β-unsaturated/α-hetero) is 2. The molecule has 222 valence electrons. The molecule has 0 unspecified atom stereocenters. The van der Waals surface area contributed by atoms with Crippen LogP contribution in [0.1, 0.15) is 71.8 Å². The fraction of sp³-hybridized carbons (Fsp3) is 0.424. The maximum absolute atomic E-state index is 14.0. The lowest BCUT2D eigenvalue weighted by atomic mass is 9.64. The minimum Gasteiger partial charge on any atom is -0.490 e. The molecule has 0 saturated heterocycles. The van der Waals surface area contributed by atoms with Crippen LogP contribution in [0.15, 0.2) is 58.9 Å². The average Bonchev–Trinajstić information content (AvgIpc) is 2.87. The number of carbonyl (C=O) groups excluding carboxylic acids is 3. The second-order valence-corrected chi connectivity index (χ2v) is 13.2. The van der Waals surface area contributed by atoms with Crippen molar-refractivity contribution in [2.45, 2.75) is 66.2 Å². The Morgan fingerprint density at radius 3 is 2.14 bits per heavy atom. The molecule has 2 N–H and O–H groups in total. The first-order valence-electron chi connectivity index (χ1n) is 14.2. The summed E-state index contributed by atoms with van der Waals surface area (Å²) in [5.41, 5.74) is 3.15. The number of benzene rings is 2. The lowest BCUT2D eigenvalue weighted by Crippen LogP contribution is -2.42. The highest BCUT2D eigenvalue weighted by atomic mass is 35.5. The molecular formula is C33H36ClFN2O5. The summed E-state index contributed by atoms with van der Waals surface area (Å²) in [6.07, 6.45) is 2.11. The zero-order chi connectivity index (χ0) is 30.4. The predicted octanol–water partition coefficient (Wildman–Crippen LogP) is 6.87. The van der Waals surface area contributed by atoms with E-state index in [2.05, 4.69) is 38.3 Å². The van der Waals surface area contributed by atoms with Gasteiger partial charge in [0.15, 0.2) is 29.7 Å².